The third kappa shape index (κ3) is 4.79. The minimum Gasteiger partial charge on any atom is -0.350 e. The second kappa shape index (κ2) is 8.95. The van der Waals surface area contributed by atoms with Crippen LogP contribution in [0.4, 0.5) is 13.2 Å². The third-order valence-corrected chi connectivity index (χ3v) is 7.77. The summed E-state index contributed by atoms with van der Waals surface area (Å²) in [6.07, 6.45) is -3.57. The van der Waals surface area contributed by atoms with Crippen LogP contribution >= 0.6 is 22.9 Å². The number of likely N-dealkylation sites (tertiary alicyclic amines) is 1. The fraction of sp³-hybridized carbons (Fsp3) is 0.320. The van der Waals surface area contributed by atoms with Crippen molar-refractivity contribution in [2.45, 2.75) is 25.6 Å². The van der Waals surface area contributed by atoms with Gasteiger partial charge in [0.05, 0.1) is 21.5 Å². The van der Waals surface area contributed by atoms with Crippen LogP contribution in [-0.4, -0.2) is 40.8 Å². The van der Waals surface area contributed by atoms with E-state index in [1.165, 1.54) is 23.5 Å². The van der Waals surface area contributed by atoms with E-state index < -0.39 is 17.6 Å². The summed E-state index contributed by atoms with van der Waals surface area (Å²) in [5, 5.41) is 4.05. The van der Waals surface area contributed by atoms with Crippen LogP contribution in [0, 0.1) is 18.8 Å². The number of hydrogen-bond donors (Lipinski definition) is 1. The molecule has 2 aromatic carbocycles. The zero-order valence-electron chi connectivity index (χ0n) is 18.6. The van der Waals surface area contributed by atoms with Crippen molar-refractivity contribution in [2.75, 3.05) is 13.1 Å². The summed E-state index contributed by atoms with van der Waals surface area (Å²) in [4.78, 5) is 33.2. The standard InChI is InChI=1S/C25H21ClF3N3O2S/c1-13-31-21(22(35-13)14-4-3-7-18(26)9-14)24(34)32-12-16-10-19(16)20(32)11-30-23(33)15-5-2-6-17(8-15)25(27,28)29/h2-9,16,19-20H,10-12H2,1H3,(H,30,33)/t16-,19?,20+/m0/s1. The Balaban J connectivity index is 1.34. The number of aryl methyl sites for hydroxylation is 1. The molecule has 2 amide bonds. The van der Waals surface area contributed by atoms with E-state index in [0.717, 1.165) is 34.0 Å². The number of fused-ring (bicyclic) bond motifs is 1. The number of rotatable bonds is 5. The molecule has 0 bridgehead atoms. The summed E-state index contributed by atoms with van der Waals surface area (Å²) in [7, 11) is 0. The minimum atomic E-state index is -4.53. The quantitative estimate of drug-likeness (QED) is 0.471. The van der Waals surface area contributed by atoms with E-state index in [4.69, 9.17) is 11.6 Å². The second-order valence-corrected chi connectivity index (χ2v) is 10.5. The fourth-order valence-corrected chi connectivity index (χ4v) is 5.83. The van der Waals surface area contributed by atoms with Gasteiger partial charge in [-0.15, -0.1) is 11.3 Å². The normalized spacial score (nSPS) is 21.1. The molecular weight excluding hydrogens is 499 g/mol. The molecule has 5 rings (SSSR count). The maximum atomic E-state index is 13.6. The number of nitrogens with zero attached hydrogens (tertiary/aromatic N) is 2. The van der Waals surface area contributed by atoms with Crippen molar-refractivity contribution in [1.82, 2.24) is 15.2 Å². The molecule has 3 aromatic rings. The molecule has 0 spiro atoms. The summed E-state index contributed by atoms with van der Waals surface area (Å²) < 4.78 is 39.0. The van der Waals surface area contributed by atoms with Crippen molar-refractivity contribution in [3.8, 4) is 10.4 Å². The van der Waals surface area contributed by atoms with E-state index in [1.807, 2.05) is 19.1 Å². The predicted molar refractivity (Wildman–Crippen MR) is 127 cm³/mol. The first-order chi connectivity index (χ1) is 16.6. The average Bonchev–Trinajstić information content (AvgIpc) is 3.33. The van der Waals surface area contributed by atoms with Crippen LogP contribution in [0.3, 0.4) is 0 Å². The number of nitrogens with one attached hydrogen (secondary N) is 1. The monoisotopic (exact) mass is 519 g/mol. The molecule has 1 aliphatic heterocycles. The third-order valence-electron chi connectivity index (χ3n) is 6.51. The van der Waals surface area contributed by atoms with Crippen LogP contribution in [0.15, 0.2) is 48.5 Å². The van der Waals surface area contributed by atoms with E-state index in [0.29, 0.717) is 23.2 Å². The van der Waals surface area contributed by atoms with Crippen LogP contribution in [0.5, 0.6) is 0 Å². The fourth-order valence-electron chi connectivity index (χ4n) is 4.74. The Morgan fingerprint density at radius 3 is 2.71 bits per heavy atom. The zero-order valence-corrected chi connectivity index (χ0v) is 20.2. The lowest BCUT2D eigenvalue weighted by Gasteiger charge is -2.27. The Kier molecular flexibility index (Phi) is 6.09. The Labute approximate surface area is 208 Å². The highest BCUT2D eigenvalue weighted by molar-refractivity contribution is 7.15. The van der Waals surface area contributed by atoms with E-state index in [-0.39, 0.29) is 30.0 Å². The lowest BCUT2D eigenvalue weighted by molar-refractivity contribution is -0.137. The molecule has 1 saturated carbocycles. The number of halogens is 4. The molecular formula is C25H21ClF3N3O2S. The number of piperidine rings is 1. The van der Waals surface area contributed by atoms with Crippen LogP contribution in [0.1, 0.15) is 37.8 Å². The first-order valence-electron chi connectivity index (χ1n) is 11.1. The first kappa shape index (κ1) is 23.8. The second-order valence-electron chi connectivity index (χ2n) is 8.89. The first-order valence-corrected chi connectivity index (χ1v) is 12.3. The molecule has 5 nitrogen and oxygen atoms in total. The van der Waals surface area contributed by atoms with E-state index in [9.17, 15) is 22.8 Å². The Morgan fingerprint density at radius 2 is 1.97 bits per heavy atom. The number of carbonyl (C=O) groups is 2. The highest BCUT2D eigenvalue weighted by Crippen LogP contribution is 2.50. The maximum Gasteiger partial charge on any atom is 0.416 e. The molecule has 35 heavy (non-hydrogen) atoms. The zero-order chi connectivity index (χ0) is 24.9. The molecule has 1 unspecified atom stereocenters. The molecule has 10 heteroatoms. The molecule has 1 aliphatic carbocycles. The lowest BCUT2D eigenvalue weighted by Crippen LogP contribution is -2.45. The van der Waals surface area contributed by atoms with Crippen molar-refractivity contribution in [1.29, 1.82) is 0 Å². The van der Waals surface area contributed by atoms with Crippen molar-refractivity contribution in [3.05, 3.63) is 75.4 Å². The number of alkyl halides is 3. The van der Waals surface area contributed by atoms with Gasteiger partial charge in [-0.05, 0) is 61.1 Å². The smallest absolute Gasteiger partial charge is 0.350 e. The van der Waals surface area contributed by atoms with Crippen molar-refractivity contribution in [3.63, 3.8) is 0 Å². The number of benzene rings is 2. The number of hydrogen-bond acceptors (Lipinski definition) is 4. The van der Waals surface area contributed by atoms with Crippen LogP contribution in [0.25, 0.3) is 10.4 Å². The summed E-state index contributed by atoms with van der Waals surface area (Å²) in [5.74, 6) is -0.189. The van der Waals surface area contributed by atoms with Crippen LogP contribution < -0.4 is 5.32 Å². The molecule has 2 aliphatic rings. The van der Waals surface area contributed by atoms with Gasteiger partial charge in [0.2, 0.25) is 0 Å². The molecule has 1 saturated heterocycles. The van der Waals surface area contributed by atoms with Crippen molar-refractivity contribution >= 4 is 34.8 Å². The Hall–Kier alpha value is -2.91. The summed E-state index contributed by atoms with van der Waals surface area (Å²) in [6.45, 7) is 2.57. The molecule has 3 atom stereocenters. The number of carbonyl (C=O) groups excluding carboxylic acids is 2. The molecule has 182 valence electrons. The van der Waals surface area contributed by atoms with Gasteiger partial charge in [-0.1, -0.05) is 29.8 Å². The maximum absolute atomic E-state index is 13.6. The largest absolute Gasteiger partial charge is 0.416 e. The van der Waals surface area contributed by atoms with Crippen molar-refractivity contribution in [2.24, 2.45) is 11.8 Å². The highest BCUT2D eigenvalue weighted by Gasteiger charge is 2.54. The van der Waals surface area contributed by atoms with E-state index in [2.05, 4.69) is 10.3 Å². The molecule has 1 aromatic heterocycles. The van der Waals surface area contributed by atoms with Gasteiger partial charge in [-0.25, -0.2) is 4.98 Å². The van der Waals surface area contributed by atoms with Gasteiger partial charge in [-0.2, -0.15) is 13.2 Å². The molecule has 1 N–H and O–H groups in total. The highest BCUT2D eigenvalue weighted by atomic mass is 35.5. The lowest BCUT2D eigenvalue weighted by atomic mass is 10.1. The summed E-state index contributed by atoms with van der Waals surface area (Å²) in [5.41, 5.74) is 0.217. The average molecular weight is 520 g/mol. The SMILES string of the molecule is Cc1nc(C(=O)N2C[C@@H]3CC3[C@H]2CNC(=O)c2cccc(C(F)(F)F)c2)c(-c2cccc(Cl)c2)s1. The van der Waals surface area contributed by atoms with Crippen molar-refractivity contribution < 1.29 is 22.8 Å². The van der Waals surface area contributed by atoms with Gasteiger partial charge in [0.1, 0.15) is 5.69 Å². The topological polar surface area (TPSA) is 62.3 Å². The van der Waals surface area contributed by atoms with Crippen LogP contribution in [-0.2, 0) is 6.18 Å². The number of aromatic nitrogens is 1. The summed E-state index contributed by atoms with van der Waals surface area (Å²) >= 11 is 7.57. The van der Waals surface area contributed by atoms with Gasteiger partial charge >= 0.3 is 6.18 Å². The number of amides is 2. The van der Waals surface area contributed by atoms with Gasteiger partial charge in [-0.3, -0.25) is 9.59 Å². The van der Waals surface area contributed by atoms with E-state index in [1.54, 1.807) is 17.0 Å². The Morgan fingerprint density at radius 1 is 1.20 bits per heavy atom. The van der Waals surface area contributed by atoms with Crippen LogP contribution in [0.2, 0.25) is 5.02 Å². The van der Waals surface area contributed by atoms with E-state index >= 15 is 0 Å². The van der Waals surface area contributed by atoms with Gasteiger partial charge < -0.3 is 10.2 Å². The molecule has 2 fully saturated rings. The van der Waals surface area contributed by atoms with Gasteiger partial charge in [0.15, 0.2) is 0 Å². The molecule has 0 radical (unpaired) electrons. The number of thiazole rings is 1. The minimum absolute atomic E-state index is 0.0681. The summed E-state index contributed by atoms with van der Waals surface area (Å²) in [6, 6.07) is 11.3. The van der Waals surface area contributed by atoms with Gasteiger partial charge in [0, 0.05) is 23.7 Å². The van der Waals surface area contributed by atoms with Gasteiger partial charge in [0.25, 0.3) is 11.8 Å². The molecule has 2 heterocycles. The predicted octanol–water partition coefficient (Wildman–Crippen LogP) is 5.68. The Bertz CT molecular complexity index is 1310.